The largest absolute Gasteiger partial charge is 0.378 e. The average Bonchev–Trinajstić information content (AvgIpc) is 2.89. The molecule has 0 aliphatic carbocycles. The summed E-state index contributed by atoms with van der Waals surface area (Å²) in [4.78, 5) is 12.2. The number of halogens is 1. The minimum absolute atomic E-state index is 0. The Morgan fingerprint density at radius 2 is 1.84 bits per heavy atom. The van der Waals surface area contributed by atoms with Crippen LogP contribution in [-0.2, 0) is 13.0 Å². The molecule has 0 radical (unpaired) electrons. The molecule has 0 bridgehead atoms. The lowest BCUT2D eigenvalue weighted by atomic mass is 10.1. The fourth-order valence-electron chi connectivity index (χ4n) is 2.28. The standard InChI is InChI=1S/C18H27N5S.HI/c1-13-14(2)24-17(22-13)12-21-18(19-3)20-11-10-15-6-8-16(9-7-15)23(4)5;/h6-9H,10-12H2,1-5H3,(H2,19,20,21);1H. The zero-order valence-electron chi connectivity index (χ0n) is 15.6. The van der Waals surface area contributed by atoms with Gasteiger partial charge in [-0.2, -0.15) is 0 Å². The maximum Gasteiger partial charge on any atom is 0.191 e. The maximum absolute atomic E-state index is 4.54. The number of thiazole rings is 1. The molecule has 7 heteroatoms. The number of nitrogens with zero attached hydrogens (tertiary/aromatic N) is 3. The molecule has 0 saturated heterocycles. The first-order chi connectivity index (χ1) is 11.5. The minimum Gasteiger partial charge on any atom is -0.378 e. The van der Waals surface area contributed by atoms with Crippen LogP contribution in [0.2, 0.25) is 0 Å². The van der Waals surface area contributed by atoms with Crippen molar-refractivity contribution in [2.45, 2.75) is 26.8 Å². The van der Waals surface area contributed by atoms with Crippen molar-refractivity contribution < 1.29 is 0 Å². The van der Waals surface area contributed by atoms with Gasteiger partial charge in [0.15, 0.2) is 5.96 Å². The Bertz CT molecular complexity index is 660. The highest BCUT2D eigenvalue weighted by Crippen LogP contribution is 2.16. The molecule has 2 aromatic rings. The van der Waals surface area contributed by atoms with Crippen LogP contribution in [0.15, 0.2) is 29.3 Å². The first-order valence-corrected chi connectivity index (χ1v) is 8.95. The Kier molecular flexibility index (Phi) is 9.20. The van der Waals surface area contributed by atoms with E-state index in [1.807, 2.05) is 6.92 Å². The summed E-state index contributed by atoms with van der Waals surface area (Å²) in [5.41, 5.74) is 3.65. The van der Waals surface area contributed by atoms with Crippen LogP contribution in [-0.4, -0.2) is 38.6 Å². The van der Waals surface area contributed by atoms with Gasteiger partial charge in [-0.25, -0.2) is 4.98 Å². The fraction of sp³-hybridized carbons (Fsp3) is 0.444. The van der Waals surface area contributed by atoms with Gasteiger partial charge in [-0.1, -0.05) is 12.1 Å². The summed E-state index contributed by atoms with van der Waals surface area (Å²) in [7, 11) is 5.90. The van der Waals surface area contributed by atoms with Crippen LogP contribution >= 0.6 is 35.3 Å². The van der Waals surface area contributed by atoms with Crippen LogP contribution in [0.3, 0.4) is 0 Å². The van der Waals surface area contributed by atoms with Crippen molar-refractivity contribution in [2.75, 3.05) is 32.6 Å². The number of hydrogen-bond acceptors (Lipinski definition) is 4. The fourth-order valence-corrected chi connectivity index (χ4v) is 3.15. The van der Waals surface area contributed by atoms with Crippen LogP contribution in [0, 0.1) is 13.8 Å². The SMILES string of the molecule is CN=C(NCCc1ccc(N(C)C)cc1)NCc1nc(C)c(C)s1.I. The van der Waals surface area contributed by atoms with E-state index in [1.165, 1.54) is 16.1 Å². The van der Waals surface area contributed by atoms with E-state index in [0.29, 0.717) is 6.54 Å². The normalized spacial score (nSPS) is 11.0. The van der Waals surface area contributed by atoms with Gasteiger partial charge in [0.2, 0.25) is 0 Å². The molecule has 0 saturated carbocycles. The van der Waals surface area contributed by atoms with Crippen molar-refractivity contribution in [3.8, 4) is 0 Å². The van der Waals surface area contributed by atoms with E-state index in [9.17, 15) is 0 Å². The van der Waals surface area contributed by atoms with Crippen LogP contribution in [0.5, 0.6) is 0 Å². The van der Waals surface area contributed by atoms with E-state index in [0.717, 1.165) is 29.6 Å². The van der Waals surface area contributed by atoms with E-state index < -0.39 is 0 Å². The molecule has 2 rings (SSSR count). The minimum atomic E-state index is 0. The quantitative estimate of drug-likeness (QED) is 0.384. The van der Waals surface area contributed by atoms with Crippen molar-refractivity contribution in [3.05, 3.63) is 45.4 Å². The molecule has 0 fully saturated rings. The third kappa shape index (κ3) is 6.81. The van der Waals surface area contributed by atoms with Gasteiger partial charge in [-0.15, -0.1) is 35.3 Å². The Hall–Kier alpha value is -1.35. The number of aliphatic imine (C=N–C) groups is 1. The number of anilines is 1. The van der Waals surface area contributed by atoms with E-state index >= 15 is 0 Å². The summed E-state index contributed by atoms with van der Waals surface area (Å²) in [5.74, 6) is 0.811. The van der Waals surface area contributed by atoms with E-state index in [1.54, 1.807) is 18.4 Å². The second kappa shape index (κ2) is 10.6. The van der Waals surface area contributed by atoms with Crippen LogP contribution in [0.4, 0.5) is 5.69 Å². The van der Waals surface area contributed by atoms with Gasteiger partial charge in [0, 0.05) is 38.3 Å². The molecule has 0 aliphatic rings. The Labute approximate surface area is 172 Å². The molecule has 0 amide bonds. The number of aryl methyl sites for hydroxylation is 2. The van der Waals surface area contributed by atoms with Crippen molar-refractivity contribution in [1.82, 2.24) is 15.6 Å². The molecular formula is C18H28IN5S. The van der Waals surface area contributed by atoms with E-state index in [2.05, 4.69) is 70.8 Å². The van der Waals surface area contributed by atoms with Gasteiger partial charge in [0.05, 0.1) is 12.2 Å². The summed E-state index contributed by atoms with van der Waals surface area (Å²) < 4.78 is 0. The Morgan fingerprint density at radius 1 is 1.16 bits per heavy atom. The molecule has 0 unspecified atom stereocenters. The lowest BCUT2D eigenvalue weighted by Gasteiger charge is -2.13. The topological polar surface area (TPSA) is 52.6 Å². The predicted molar refractivity (Wildman–Crippen MR) is 120 cm³/mol. The summed E-state index contributed by atoms with van der Waals surface area (Å²) >= 11 is 1.73. The second-order valence-electron chi connectivity index (χ2n) is 5.91. The molecule has 1 aromatic heterocycles. The molecule has 0 aliphatic heterocycles. The summed E-state index contributed by atoms with van der Waals surface area (Å²) in [6, 6.07) is 8.65. The first kappa shape index (κ1) is 21.7. The number of nitrogens with one attached hydrogen (secondary N) is 2. The smallest absolute Gasteiger partial charge is 0.191 e. The van der Waals surface area contributed by atoms with Crippen molar-refractivity contribution >= 4 is 47.0 Å². The summed E-state index contributed by atoms with van der Waals surface area (Å²) in [6.07, 6.45) is 0.962. The predicted octanol–water partition coefficient (Wildman–Crippen LogP) is 3.35. The molecule has 0 spiro atoms. The van der Waals surface area contributed by atoms with Gasteiger partial charge in [-0.05, 0) is 38.0 Å². The first-order valence-electron chi connectivity index (χ1n) is 8.13. The van der Waals surface area contributed by atoms with E-state index in [-0.39, 0.29) is 24.0 Å². The van der Waals surface area contributed by atoms with Crippen LogP contribution in [0.1, 0.15) is 21.1 Å². The van der Waals surface area contributed by atoms with Crippen molar-refractivity contribution in [2.24, 2.45) is 4.99 Å². The molecule has 1 heterocycles. The van der Waals surface area contributed by atoms with Crippen LogP contribution in [0.25, 0.3) is 0 Å². The highest BCUT2D eigenvalue weighted by molar-refractivity contribution is 14.0. The van der Waals surface area contributed by atoms with E-state index in [4.69, 9.17) is 0 Å². The zero-order valence-corrected chi connectivity index (χ0v) is 18.7. The lowest BCUT2D eigenvalue weighted by Crippen LogP contribution is -2.37. The molecule has 5 nitrogen and oxygen atoms in total. The molecule has 25 heavy (non-hydrogen) atoms. The van der Waals surface area contributed by atoms with Gasteiger partial charge in [0.25, 0.3) is 0 Å². The van der Waals surface area contributed by atoms with Crippen molar-refractivity contribution in [3.63, 3.8) is 0 Å². The van der Waals surface area contributed by atoms with Gasteiger partial charge in [-0.3, -0.25) is 4.99 Å². The Morgan fingerprint density at radius 3 is 2.36 bits per heavy atom. The molecule has 1 aromatic carbocycles. The molecular weight excluding hydrogens is 445 g/mol. The highest BCUT2D eigenvalue weighted by atomic mass is 127. The molecule has 2 N–H and O–H groups in total. The monoisotopic (exact) mass is 473 g/mol. The van der Waals surface area contributed by atoms with Gasteiger partial charge >= 0.3 is 0 Å². The second-order valence-corrected chi connectivity index (χ2v) is 7.20. The number of benzene rings is 1. The maximum atomic E-state index is 4.54. The molecule has 0 atom stereocenters. The Balaban J connectivity index is 0.00000312. The number of aromatic nitrogens is 1. The highest BCUT2D eigenvalue weighted by Gasteiger charge is 2.05. The number of rotatable bonds is 6. The summed E-state index contributed by atoms with van der Waals surface area (Å²) in [5, 5.41) is 7.76. The average molecular weight is 473 g/mol. The van der Waals surface area contributed by atoms with Crippen LogP contribution < -0.4 is 15.5 Å². The number of hydrogen-bond donors (Lipinski definition) is 2. The zero-order chi connectivity index (χ0) is 17.5. The van der Waals surface area contributed by atoms with Gasteiger partial charge < -0.3 is 15.5 Å². The molecule has 138 valence electrons. The van der Waals surface area contributed by atoms with Crippen molar-refractivity contribution in [1.29, 1.82) is 0 Å². The van der Waals surface area contributed by atoms with Gasteiger partial charge in [0.1, 0.15) is 5.01 Å². The number of guanidine groups is 1. The third-order valence-electron chi connectivity index (χ3n) is 3.86. The third-order valence-corrected chi connectivity index (χ3v) is 4.94. The summed E-state index contributed by atoms with van der Waals surface area (Å²) in [6.45, 7) is 5.70. The lowest BCUT2D eigenvalue weighted by molar-refractivity contribution is 0.790.